The molecule has 2 aromatic rings. The van der Waals surface area contributed by atoms with Crippen molar-refractivity contribution in [2.45, 2.75) is 19.8 Å². The van der Waals surface area contributed by atoms with Gasteiger partial charge in [-0.05, 0) is 46.9 Å². The second-order valence-corrected chi connectivity index (χ2v) is 6.01. The highest BCUT2D eigenvalue weighted by molar-refractivity contribution is 5.87. The van der Waals surface area contributed by atoms with E-state index in [1.165, 1.54) is 25.3 Å². The van der Waals surface area contributed by atoms with Crippen LogP contribution < -0.4 is 9.47 Å². The van der Waals surface area contributed by atoms with Crippen molar-refractivity contribution in [3.63, 3.8) is 0 Å². The molecule has 0 bridgehead atoms. The van der Waals surface area contributed by atoms with Crippen LogP contribution in [-0.4, -0.2) is 31.7 Å². The third-order valence-corrected chi connectivity index (χ3v) is 3.97. The van der Waals surface area contributed by atoms with Crippen LogP contribution in [0.2, 0.25) is 0 Å². The van der Waals surface area contributed by atoms with Gasteiger partial charge in [0.25, 0.3) is 0 Å². The highest BCUT2D eigenvalue weighted by atomic mass is 19.1. The van der Waals surface area contributed by atoms with Crippen molar-refractivity contribution in [2.24, 2.45) is 0 Å². The molecule has 0 aliphatic carbocycles. The Labute approximate surface area is 152 Å². The second kappa shape index (κ2) is 9.15. The summed E-state index contributed by atoms with van der Waals surface area (Å²) >= 11 is 0. The molecule has 2 aromatic carbocycles. The predicted octanol–water partition coefficient (Wildman–Crippen LogP) is 4.21. The van der Waals surface area contributed by atoms with E-state index in [9.17, 15) is 9.18 Å². The lowest BCUT2D eigenvalue weighted by Crippen LogP contribution is -2.06. The van der Waals surface area contributed by atoms with Gasteiger partial charge in [0, 0.05) is 5.56 Å². The maximum atomic E-state index is 13.4. The largest absolute Gasteiger partial charge is 0.492 e. The normalized spacial score (nSPS) is 11.2. The molecule has 0 atom stereocenters. The number of hydrogen-bond acceptors (Lipinski definition) is 4. The van der Waals surface area contributed by atoms with Gasteiger partial charge in [-0.25, -0.2) is 4.39 Å². The number of methoxy groups -OCH3 is 1. The molecule has 0 saturated heterocycles. The number of hydrogen-bond donors (Lipinski definition) is 1. The lowest BCUT2D eigenvalue weighted by molar-refractivity contribution is -0.104. The van der Waals surface area contributed by atoms with E-state index in [4.69, 9.17) is 14.6 Å². The molecule has 0 heterocycles. The van der Waals surface area contributed by atoms with Gasteiger partial charge in [0.2, 0.25) is 0 Å². The number of ether oxygens (including phenoxy) is 2. The van der Waals surface area contributed by atoms with E-state index in [-0.39, 0.29) is 24.9 Å². The van der Waals surface area contributed by atoms with E-state index in [0.717, 1.165) is 16.7 Å². The number of carbonyl (C=O) groups excluding carboxylic acids is 1. The van der Waals surface area contributed by atoms with Gasteiger partial charge in [0.1, 0.15) is 18.7 Å². The second-order valence-electron chi connectivity index (χ2n) is 6.01. The van der Waals surface area contributed by atoms with Gasteiger partial charge in [-0.1, -0.05) is 32.1 Å². The number of aliphatic hydroxyl groups excluding tert-OH is 1. The molecule has 0 saturated carbocycles. The fourth-order valence-corrected chi connectivity index (χ4v) is 2.84. The lowest BCUT2D eigenvalue weighted by atomic mass is 9.88. The van der Waals surface area contributed by atoms with Crippen molar-refractivity contribution in [3.8, 4) is 22.6 Å². The Bertz CT molecular complexity index is 780. The molecule has 4 nitrogen and oxygen atoms in total. The fourth-order valence-electron chi connectivity index (χ4n) is 2.84. The topological polar surface area (TPSA) is 55.8 Å². The zero-order chi connectivity index (χ0) is 19.1. The summed E-state index contributed by atoms with van der Waals surface area (Å²) in [5.74, 6) is 0.769. The van der Waals surface area contributed by atoms with Gasteiger partial charge in [-0.2, -0.15) is 0 Å². The van der Waals surface area contributed by atoms with Gasteiger partial charge < -0.3 is 14.6 Å². The first-order valence-corrected chi connectivity index (χ1v) is 8.39. The Morgan fingerprint density at radius 3 is 2.46 bits per heavy atom. The molecule has 2 rings (SSSR count). The molecule has 0 unspecified atom stereocenters. The van der Waals surface area contributed by atoms with Crippen molar-refractivity contribution in [3.05, 3.63) is 53.4 Å². The smallest absolute Gasteiger partial charge is 0.169 e. The number of aliphatic hydroxyl groups is 1. The number of rotatable bonds is 8. The molecule has 0 aliphatic heterocycles. The number of benzene rings is 2. The third-order valence-electron chi connectivity index (χ3n) is 3.97. The summed E-state index contributed by atoms with van der Waals surface area (Å²) in [7, 11) is 1.52. The minimum absolute atomic E-state index is 0.125. The Morgan fingerprint density at radius 2 is 1.92 bits per heavy atom. The molecule has 5 heteroatoms. The molecular formula is C21H23FO4. The Hall–Kier alpha value is -2.66. The van der Waals surface area contributed by atoms with Gasteiger partial charge >= 0.3 is 0 Å². The standard InChI is InChI=1S/C21H23FO4/c1-14(2)18-13-19(26-12-11-24)21(25-3)20(17(18)5-4-10-23)15-6-8-16(22)9-7-15/h4-10,13-14,24H,11-12H2,1-3H3/b5-4+. The Morgan fingerprint density at radius 1 is 1.23 bits per heavy atom. The van der Waals surface area contributed by atoms with Crippen LogP contribution in [0.5, 0.6) is 11.5 Å². The summed E-state index contributed by atoms with van der Waals surface area (Å²) in [6, 6.07) is 7.92. The first-order chi connectivity index (χ1) is 12.5. The number of carbonyl (C=O) groups is 1. The summed E-state index contributed by atoms with van der Waals surface area (Å²) in [5.41, 5.74) is 3.22. The van der Waals surface area contributed by atoms with Crippen molar-refractivity contribution in [2.75, 3.05) is 20.3 Å². The summed E-state index contributed by atoms with van der Waals surface area (Å²) in [6.45, 7) is 4.06. The lowest BCUT2D eigenvalue weighted by Gasteiger charge is -2.22. The molecule has 0 aliphatic rings. The van der Waals surface area contributed by atoms with E-state index < -0.39 is 0 Å². The van der Waals surface area contributed by atoms with Crippen LogP contribution >= 0.6 is 0 Å². The zero-order valence-corrected chi connectivity index (χ0v) is 15.2. The quantitative estimate of drug-likeness (QED) is 0.567. The van der Waals surface area contributed by atoms with E-state index >= 15 is 0 Å². The maximum absolute atomic E-state index is 13.4. The van der Waals surface area contributed by atoms with Crippen molar-refractivity contribution >= 4 is 12.4 Å². The molecule has 0 aromatic heterocycles. The van der Waals surface area contributed by atoms with Crippen LogP contribution in [0.3, 0.4) is 0 Å². The van der Waals surface area contributed by atoms with Gasteiger partial charge in [-0.3, -0.25) is 4.79 Å². The van der Waals surface area contributed by atoms with Crippen LogP contribution in [0, 0.1) is 5.82 Å². The van der Waals surface area contributed by atoms with E-state index in [1.54, 1.807) is 18.2 Å². The molecule has 0 radical (unpaired) electrons. The van der Waals surface area contributed by atoms with Crippen molar-refractivity contribution < 1.29 is 23.8 Å². The summed E-state index contributed by atoms with van der Waals surface area (Å²) < 4.78 is 24.7. The molecule has 1 N–H and O–H groups in total. The first-order valence-electron chi connectivity index (χ1n) is 8.39. The number of aldehydes is 1. The molecular weight excluding hydrogens is 335 g/mol. The minimum Gasteiger partial charge on any atom is -0.492 e. The van der Waals surface area contributed by atoms with Crippen LogP contribution in [0.4, 0.5) is 4.39 Å². The average Bonchev–Trinajstić information content (AvgIpc) is 2.64. The van der Waals surface area contributed by atoms with Crippen LogP contribution in [0.15, 0.2) is 36.4 Å². The molecule has 0 spiro atoms. The molecule has 0 amide bonds. The van der Waals surface area contributed by atoms with Gasteiger partial charge in [0.05, 0.1) is 13.7 Å². The molecule has 26 heavy (non-hydrogen) atoms. The van der Waals surface area contributed by atoms with Gasteiger partial charge in [-0.15, -0.1) is 0 Å². The van der Waals surface area contributed by atoms with Crippen molar-refractivity contribution in [1.82, 2.24) is 0 Å². The minimum atomic E-state index is -0.338. The van der Waals surface area contributed by atoms with Crippen LogP contribution in [0.25, 0.3) is 17.2 Å². The molecule has 0 fully saturated rings. The van der Waals surface area contributed by atoms with Crippen molar-refractivity contribution in [1.29, 1.82) is 0 Å². The highest BCUT2D eigenvalue weighted by Gasteiger charge is 2.21. The predicted molar refractivity (Wildman–Crippen MR) is 100 cm³/mol. The summed E-state index contributed by atoms with van der Waals surface area (Å²) in [5, 5.41) is 9.10. The van der Waals surface area contributed by atoms with Crippen LogP contribution in [-0.2, 0) is 4.79 Å². The Balaban J connectivity index is 2.83. The SMILES string of the molecule is COc1c(OCCO)cc(C(C)C)c(/C=C/C=O)c1-c1ccc(F)cc1. The average molecular weight is 358 g/mol. The highest BCUT2D eigenvalue weighted by Crippen LogP contribution is 2.45. The van der Waals surface area contributed by atoms with Crippen LogP contribution in [0.1, 0.15) is 30.9 Å². The summed E-state index contributed by atoms with van der Waals surface area (Å²) in [6.07, 6.45) is 3.85. The first kappa shape index (κ1) is 19.7. The fraction of sp³-hybridized carbons (Fsp3) is 0.286. The maximum Gasteiger partial charge on any atom is 0.169 e. The Kier molecular flexibility index (Phi) is 6.92. The van der Waals surface area contributed by atoms with Gasteiger partial charge in [0.15, 0.2) is 11.5 Å². The number of allylic oxidation sites excluding steroid dienone is 1. The van der Waals surface area contributed by atoms with E-state index in [2.05, 4.69) is 0 Å². The zero-order valence-electron chi connectivity index (χ0n) is 15.2. The number of halogens is 1. The third kappa shape index (κ3) is 4.29. The monoisotopic (exact) mass is 358 g/mol. The summed E-state index contributed by atoms with van der Waals surface area (Å²) in [4.78, 5) is 10.9. The molecule has 138 valence electrons. The van der Waals surface area contributed by atoms with E-state index in [0.29, 0.717) is 23.3 Å². The van der Waals surface area contributed by atoms with E-state index in [1.807, 2.05) is 19.9 Å².